The number of fused-ring (bicyclic) bond motifs is 1. The van der Waals surface area contributed by atoms with E-state index in [-0.39, 0.29) is 5.97 Å². The number of carbonyl (C=O) groups excluding carboxylic acids is 1. The van der Waals surface area contributed by atoms with Gasteiger partial charge in [0, 0.05) is 5.57 Å². The van der Waals surface area contributed by atoms with Crippen LogP contribution in [0, 0.1) is 0 Å². The highest BCUT2D eigenvalue weighted by Crippen LogP contribution is 2.23. The van der Waals surface area contributed by atoms with Crippen molar-refractivity contribution in [3.05, 3.63) is 52.9 Å². The molecule has 0 spiro atoms. The fraction of sp³-hybridized carbons (Fsp3) is 0.368. The Labute approximate surface area is 140 Å². The first-order valence-electron chi connectivity index (χ1n) is 8.06. The normalized spacial score (nSPS) is 10.5. The van der Waals surface area contributed by atoms with Gasteiger partial charge in [-0.05, 0) is 44.7 Å². The van der Waals surface area contributed by atoms with Gasteiger partial charge in [0.05, 0.1) is 24.7 Å². The van der Waals surface area contributed by atoms with Crippen molar-refractivity contribution >= 4 is 16.9 Å². The maximum absolute atomic E-state index is 11.5. The van der Waals surface area contributed by atoms with Crippen molar-refractivity contribution in [2.75, 3.05) is 13.2 Å². The van der Waals surface area contributed by atoms with Crippen LogP contribution in [0.3, 0.4) is 0 Å². The zero-order valence-electron chi connectivity index (χ0n) is 13.9. The molecule has 0 radical (unpaired) electrons. The smallest absolute Gasteiger partial charge is 0.339 e. The van der Waals surface area contributed by atoms with Crippen molar-refractivity contribution in [1.82, 2.24) is 0 Å². The molecule has 0 N–H and O–H groups in total. The number of hydrogen-bond acceptors (Lipinski definition) is 5. The van der Waals surface area contributed by atoms with Gasteiger partial charge < -0.3 is 13.9 Å². The summed E-state index contributed by atoms with van der Waals surface area (Å²) in [6, 6.07) is 8.68. The summed E-state index contributed by atoms with van der Waals surface area (Å²) in [6.07, 6.45) is 3.59. The molecule has 5 heteroatoms. The van der Waals surface area contributed by atoms with Gasteiger partial charge >= 0.3 is 11.6 Å². The molecule has 24 heavy (non-hydrogen) atoms. The van der Waals surface area contributed by atoms with E-state index in [0.29, 0.717) is 30.1 Å². The maximum atomic E-state index is 11.5. The predicted octanol–water partition coefficient (Wildman–Crippen LogP) is 3.85. The summed E-state index contributed by atoms with van der Waals surface area (Å²) in [5.74, 6) is 0.213. The van der Waals surface area contributed by atoms with Gasteiger partial charge in [-0.15, -0.1) is 0 Å². The molecule has 0 aliphatic rings. The Bertz CT molecular complexity index is 760. The Morgan fingerprint density at radius 1 is 1.12 bits per heavy atom. The number of rotatable bonds is 9. The molecule has 128 valence electrons. The lowest BCUT2D eigenvalue weighted by molar-refractivity contribution is -0.139. The lowest BCUT2D eigenvalue weighted by Gasteiger charge is -2.08. The molecule has 0 bridgehead atoms. The average molecular weight is 330 g/mol. The van der Waals surface area contributed by atoms with E-state index in [4.69, 9.17) is 13.9 Å². The van der Waals surface area contributed by atoms with Gasteiger partial charge in [-0.2, -0.15) is 0 Å². The predicted molar refractivity (Wildman–Crippen MR) is 92.2 cm³/mol. The molecule has 1 aromatic heterocycles. The Morgan fingerprint density at radius 3 is 2.58 bits per heavy atom. The molecule has 0 unspecified atom stereocenters. The summed E-state index contributed by atoms with van der Waals surface area (Å²) in [5, 5.41) is 0.795. The summed E-state index contributed by atoms with van der Waals surface area (Å²) >= 11 is 0. The van der Waals surface area contributed by atoms with E-state index in [1.807, 2.05) is 18.2 Å². The molecular weight excluding hydrogens is 308 g/mol. The van der Waals surface area contributed by atoms with Crippen molar-refractivity contribution in [3.63, 3.8) is 0 Å². The Hall–Kier alpha value is -2.56. The van der Waals surface area contributed by atoms with Crippen LogP contribution in [0.2, 0.25) is 0 Å². The maximum Gasteiger partial charge on any atom is 0.339 e. The monoisotopic (exact) mass is 330 g/mol. The number of benzene rings is 1. The number of carbonyl (C=O) groups is 1. The van der Waals surface area contributed by atoms with Crippen molar-refractivity contribution in [2.45, 2.75) is 32.6 Å². The minimum Gasteiger partial charge on any atom is -0.493 e. The van der Waals surface area contributed by atoms with E-state index in [0.717, 1.165) is 31.1 Å². The Kier molecular flexibility index (Phi) is 6.61. The van der Waals surface area contributed by atoms with Crippen LogP contribution in [-0.4, -0.2) is 19.2 Å². The van der Waals surface area contributed by atoms with Crippen LogP contribution in [-0.2, 0) is 9.53 Å². The van der Waals surface area contributed by atoms with Gasteiger partial charge in [-0.3, -0.25) is 0 Å². The Morgan fingerprint density at radius 2 is 1.83 bits per heavy atom. The third-order valence-corrected chi connectivity index (χ3v) is 3.49. The third-order valence-electron chi connectivity index (χ3n) is 3.49. The van der Waals surface area contributed by atoms with E-state index >= 15 is 0 Å². The van der Waals surface area contributed by atoms with Crippen LogP contribution < -0.4 is 10.4 Å². The van der Waals surface area contributed by atoms with Gasteiger partial charge in [-0.25, -0.2) is 9.59 Å². The molecule has 0 aliphatic heterocycles. The first-order chi connectivity index (χ1) is 11.6. The van der Waals surface area contributed by atoms with Crippen molar-refractivity contribution < 1.29 is 18.7 Å². The highest BCUT2D eigenvalue weighted by atomic mass is 16.5. The van der Waals surface area contributed by atoms with Gasteiger partial charge in [0.25, 0.3) is 0 Å². The number of ether oxygens (including phenoxy) is 2. The molecular formula is C19H22O5. The second-order valence-electron chi connectivity index (χ2n) is 5.60. The molecule has 0 fully saturated rings. The molecule has 5 nitrogen and oxygen atoms in total. The first-order valence-corrected chi connectivity index (χ1v) is 8.06. The molecule has 0 saturated carbocycles. The topological polar surface area (TPSA) is 65.7 Å². The SMILES string of the molecule is C=C(C)C(=O)OCCCCCCOc1cc(=O)oc2ccccc12. The quantitative estimate of drug-likeness (QED) is 0.302. The zero-order chi connectivity index (χ0) is 17.4. The van der Waals surface area contributed by atoms with Gasteiger partial charge in [-0.1, -0.05) is 18.7 Å². The fourth-order valence-corrected chi connectivity index (χ4v) is 2.23. The molecule has 2 aromatic rings. The molecule has 1 aromatic carbocycles. The first kappa shape index (κ1) is 17.8. The number of hydrogen-bond donors (Lipinski definition) is 0. The highest BCUT2D eigenvalue weighted by molar-refractivity contribution is 5.86. The van der Waals surface area contributed by atoms with E-state index in [1.54, 1.807) is 13.0 Å². The second-order valence-corrected chi connectivity index (χ2v) is 5.60. The van der Waals surface area contributed by atoms with Crippen molar-refractivity contribution in [2.24, 2.45) is 0 Å². The van der Waals surface area contributed by atoms with Gasteiger partial charge in [0.15, 0.2) is 0 Å². The summed E-state index contributed by atoms with van der Waals surface area (Å²) in [4.78, 5) is 22.7. The van der Waals surface area contributed by atoms with E-state index < -0.39 is 5.63 Å². The van der Waals surface area contributed by atoms with Crippen LogP contribution in [0.1, 0.15) is 32.6 Å². The Balaban J connectivity index is 1.69. The minimum absolute atomic E-state index is 0.340. The molecule has 0 amide bonds. The minimum atomic E-state index is -0.414. The van der Waals surface area contributed by atoms with Crippen LogP contribution >= 0.6 is 0 Å². The summed E-state index contributed by atoms with van der Waals surface area (Å²) in [7, 11) is 0. The molecule has 0 saturated heterocycles. The lowest BCUT2D eigenvalue weighted by Crippen LogP contribution is -2.06. The molecule has 1 heterocycles. The summed E-state index contributed by atoms with van der Waals surface area (Å²) in [6.45, 7) is 6.10. The van der Waals surface area contributed by atoms with Gasteiger partial charge in [0.1, 0.15) is 11.3 Å². The fourth-order valence-electron chi connectivity index (χ4n) is 2.23. The molecule has 2 rings (SSSR count). The standard InChI is InChI=1S/C19H22O5/c1-14(2)19(21)23-12-8-4-3-7-11-22-17-13-18(20)24-16-10-6-5-9-15(16)17/h5-6,9-10,13H,1,3-4,7-8,11-12H2,2H3. The van der Waals surface area contributed by atoms with Crippen LogP contribution in [0.25, 0.3) is 11.0 Å². The second kappa shape index (κ2) is 8.91. The number of para-hydroxylation sites is 1. The zero-order valence-corrected chi connectivity index (χ0v) is 13.9. The highest BCUT2D eigenvalue weighted by Gasteiger charge is 2.06. The van der Waals surface area contributed by atoms with E-state index in [2.05, 4.69) is 6.58 Å². The number of esters is 1. The van der Waals surface area contributed by atoms with Crippen LogP contribution in [0.15, 0.2) is 51.7 Å². The summed E-state index contributed by atoms with van der Waals surface area (Å²) in [5.41, 5.74) is 0.533. The van der Waals surface area contributed by atoms with Crippen LogP contribution in [0.5, 0.6) is 5.75 Å². The molecule has 0 atom stereocenters. The molecule has 0 aliphatic carbocycles. The van der Waals surface area contributed by atoms with Crippen molar-refractivity contribution in [1.29, 1.82) is 0 Å². The van der Waals surface area contributed by atoms with Crippen LogP contribution in [0.4, 0.5) is 0 Å². The van der Waals surface area contributed by atoms with Gasteiger partial charge in [0.2, 0.25) is 0 Å². The number of unbranched alkanes of at least 4 members (excludes halogenated alkanes) is 3. The van der Waals surface area contributed by atoms with E-state index in [1.165, 1.54) is 6.07 Å². The lowest BCUT2D eigenvalue weighted by atomic mass is 10.2. The average Bonchev–Trinajstić information content (AvgIpc) is 2.56. The van der Waals surface area contributed by atoms with E-state index in [9.17, 15) is 9.59 Å². The van der Waals surface area contributed by atoms with Crippen molar-refractivity contribution in [3.8, 4) is 5.75 Å². The largest absolute Gasteiger partial charge is 0.493 e. The summed E-state index contributed by atoms with van der Waals surface area (Å²) < 4.78 is 15.9. The third kappa shape index (κ3) is 5.26.